The highest BCUT2D eigenvalue weighted by Crippen LogP contribution is 2.26. The van der Waals surface area contributed by atoms with Gasteiger partial charge in [0.1, 0.15) is 5.75 Å². The molecule has 182 valence electrons. The first-order valence-corrected chi connectivity index (χ1v) is 13.6. The fourth-order valence-corrected chi connectivity index (χ4v) is 4.22. The van der Waals surface area contributed by atoms with Crippen LogP contribution in [0.1, 0.15) is 135 Å². The van der Waals surface area contributed by atoms with Crippen molar-refractivity contribution in [3.05, 3.63) is 39.8 Å². The van der Waals surface area contributed by atoms with Crippen LogP contribution in [0.25, 0.3) is 10.4 Å². The number of aryl methyl sites for hydroxylation is 2. The van der Waals surface area contributed by atoms with Gasteiger partial charge in [0.05, 0.1) is 0 Å². The summed E-state index contributed by atoms with van der Waals surface area (Å²) in [7, 11) is 0. The minimum atomic E-state index is -0.402. The number of azide groups is 1. The van der Waals surface area contributed by atoms with E-state index in [-0.39, 0.29) is 0 Å². The van der Waals surface area contributed by atoms with Crippen molar-refractivity contribution in [3.8, 4) is 5.75 Å². The normalized spacial score (nSPS) is 11.8. The van der Waals surface area contributed by atoms with Gasteiger partial charge < -0.3 is 4.74 Å². The summed E-state index contributed by atoms with van der Waals surface area (Å²) in [6, 6.07) is 6.69. The van der Waals surface area contributed by atoms with E-state index in [4.69, 9.17) is 10.3 Å². The van der Waals surface area contributed by atoms with E-state index < -0.39 is 6.23 Å². The summed E-state index contributed by atoms with van der Waals surface area (Å²) in [4.78, 5) is 3.06. The Labute approximate surface area is 198 Å². The lowest BCUT2D eigenvalue weighted by atomic mass is 9.99. The summed E-state index contributed by atoms with van der Waals surface area (Å²) in [5.41, 5.74) is 11.7. The van der Waals surface area contributed by atoms with E-state index in [2.05, 4.69) is 49.0 Å². The summed E-state index contributed by atoms with van der Waals surface area (Å²) >= 11 is 0. The first kappa shape index (κ1) is 28.4. The Hall–Kier alpha value is -1.67. The molecule has 4 nitrogen and oxygen atoms in total. The van der Waals surface area contributed by atoms with Gasteiger partial charge in [-0.2, -0.15) is 0 Å². The molecular formula is C28H49N3O. The van der Waals surface area contributed by atoms with Gasteiger partial charge in [-0.1, -0.05) is 110 Å². The molecule has 0 aliphatic rings. The first-order chi connectivity index (χ1) is 15.7. The third kappa shape index (κ3) is 13.7. The maximum atomic E-state index is 9.03. The predicted molar refractivity (Wildman–Crippen MR) is 138 cm³/mol. The van der Waals surface area contributed by atoms with Crippen LogP contribution in [0.3, 0.4) is 0 Å². The standard InChI is InChI=1S/C28H49N3O/c1-4-7-10-13-16-19-25-22-23-27(26(24-25)20-17-14-11-8-5-2)32-28(30-31-29)21-18-15-12-9-6-3/h22-24,28H,4-21H2,1-3H3. The molecule has 0 heterocycles. The smallest absolute Gasteiger partial charge is 0.177 e. The molecule has 32 heavy (non-hydrogen) atoms. The molecule has 0 saturated carbocycles. The lowest BCUT2D eigenvalue weighted by molar-refractivity contribution is 0.192. The molecule has 0 saturated heterocycles. The van der Waals surface area contributed by atoms with Gasteiger partial charge in [0.2, 0.25) is 0 Å². The van der Waals surface area contributed by atoms with Gasteiger partial charge in [-0.15, -0.1) is 0 Å². The van der Waals surface area contributed by atoms with Crippen LogP contribution in [0, 0.1) is 0 Å². The minimum absolute atomic E-state index is 0.402. The van der Waals surface area contributed by atoms with Gasteiger partial charge in [0, 0.05) is 4.91 Å². The van der Waals surface area contributed by atoms with Gasteiger partial charge in [0.25, 0.3) is 0 Å². The second-order valence-corrected chi connectivity index (χ2v) is 9.25. The summed E-state index contributed by atoms with van der Waals surface area (Å²) in [6.45, 7) is 6.75. The molecule has 0 bridgehead atoms. The highest BCUT2D eigenvalue weighted by Gasteiger charge is 2.12. The molecule has 0 spiro atoms. The van der Waals surface area contributed by atoms with Crippen molar-refractivity contribution >= 4 is 0 Å². The number of nitrogens with zero attached hydrogens (tertiary/aromatic N) is 3. The monoisotopic (exact) mass is 443 g/mol. The third-order valence-corrected chi connectivity index (χ3v) is 6.24. The number of hydrogen-bond acceptors (Lipinski definition) is 2. The minimum Gasteiger partial charge on any atom is -0.484 e. The quantitative estimate of drug-likeness (QED) is 0.0806. The van der Waals surface area contributed by atoms with E-state index in [0.717, 1.165) is 31.4 Å². The van der Waals surface area contributed by atoms with Crippen molar-refractivity contribution in [1.29, 1.82) is 0 Å². The molecule has 0 radical (unpaired) electrons. The Morgan fingerprint density at radius 1 is 0.750 bits per heavy atom. The van der Waals surface area contributed by atoms with E-state index in [0.29, 0.717) is 0 Å². The lowest BCUT2D eigenvalue weighted by Crippen LogP contribution is -2.14. The van der Waals surface area contributed by atoms with Gasteiger partial charge in [-0.25, -0.2) is 0 Å². The molecule has 1 atom stereocenters. The summed E-state index contributed by atoms with van der Waals surface area (Å²) in [5.74, 6) is 0.918. The Bertz CT molecular complexity index is 625. The van der Waals surface area contributed by atoms with Crippen LogP contribution in [-0.2, 0) is 12.8 Å². The van der Waals surface area contributed by atoms with Crippen LogP contribution < -0.4 is 4.74 Å². The third-order valence-electron chi connectivity index (χ3n) is 6.24. The second-order valence-electron chi connectivity index (χ2n) is 9.25. The average Bonchev–Trinajstić information content (AvgIpc) is 2.80. The molecule has 0 fully saturated rings. The molecule has 0 amide bonds. The van der Waals surface area contributed by atoms with Gasteiger partial charge >= 0.3 is 0 Å². The van der Waals surface area contributed by atoms with Crippen molar-refractivity contribution in [1.82, 2.24) is 0 Å². The number of benzene rings is 1. The van der Waals surface area contributed by atoms with Crippen molar-refractivity contribution in [2.24, 2.45) is 5.11 Å². The van der Waals surface area contributed by atoms with E-state index in [1.54, 1.807) is 0 Å². The van der Waals surface area contributed by atoms with Crippen molar-refractivity contribution < 1.29 is 4.74 Å². The number of hydrogen-bond donors (Lipinski definition) is 0. The number of unbranched alkanes of at least 4 members (excludes halogenated alkanes) is 12. The number of ether oxygens (including phenoxy) is 1. The topological polar surface area (TPSA) is 58.0 Å². The Balaban J connectivity index is 2.74. The van der Waals surface area contributed by atoms with Crippen LogP contribution in [0.15, 0.2) is 23.3 Å². The molecule has 4 heteroatoms. The Morgan fingerprint density at radius 3 is 1.91 bits per heavy atom. The van der Waals surface area contributed by atoms with Crippen LogP contribution >= 0.6 is 0 Å². The summed E-state index contributed by atoms with van der Waals surface area (Å²) in [6.07, 6.45) is 21.5. The maximum Gasteiger partial charge on any atom is 0.177 e. The largest absolute Gasteiger partial charge is 0.484 e. The van der Waals surface area contributed by atoms with E-state index in [1.165, 1.54) is 101 Å². The Morgan fingerprint density at radius 2 is 1.31 bits per heavy atom. The Kier molecular flexibility index (Phi) is 17.7. The average molecular weight is 444 g/mol. The van der Waals surface area contributed by atoms with Crippen molar-refractivity contribution in [2.45, 2.75) is 143 Å². The summed E-state index contributed by atoms with van der Waals surface area (Å²) in [5, 5.41) is 3.96. The fraction of sp³-hybridized carbons (Fsp3) is 0.786. The molecule has 1 aromatic rings. The van der Waals surface area contributed by atoms with Crippen molar-refractivity contribution in [3.63, 3.8) is 0 Å². The molecule has 1 aromatic carbocycles. The van der Waals surface area contributed by atoms with E-state index in [1.807, 2.05) is 0 Å². The van der Waals surface area contributed by atoms with Crippen LogP contribution in [0.2, 0.25) is 0 Å². The first-order valence-electron chi connectivity index (χ1n) is 13.6. The van der Waals surface area contributed by atoms with Crippen molar-refractivity contribution in [2.75, 3.05) is 0 Å². The highest BCUT2D eigenvalue weighted by molar-refractivity contribution is 5.37. The molecule has 1 unspecified atom stereocenters. The van der Waals surface area contributed by atoms with Gasteiger partial charge in [-0.3, -0.25) is 0 Å². The van der Waals surface area contributed by atoms with Crippen LogP contribution in [-0.4, -0.2) is 6.23 Å². The number of rotatable bonds is 21. The summed E-state index contributed by atoms with van der Waals surface area (Å²) < 4.78 is 6.26. The second kappa shape index (κ2) is 20.0. The van der Waals surface area contributed by atoms with E-state index in [9.17, 15) is 0 Å². The zero-order valence-electron chi connectivity index (χ0n) is 21.3. The van der Waals surface area contributed by atoms with E-state index >= 15 is 0 Å². The highest BCUT2D eigenvalue weighted by atomic mass is 16.5. The van der Waals surface area contributed by atoms with Crippen LogP contribution in [0.5, 0.6) is 5.75 Å². The maximum absolute atomic E-state index is 9.03. The lowest BCUT2D eigenvalue weighted by Gasteiger charge is -2.18. The molecule has 0 aromatic heterocycles. The zero-order chi connectivity index (χ0) is 23.3. The molecule has 1 rings (SSSR count). The fourth-order valence-electron chi connectivity index (χ4n) is 4.22. The predicted octanol–water partition coefficient (Wildman–Crippen LogP) is 10.1. The molecule has 0 N–H and O–H groups in total. The molecular weight excluding hydrogens is 394 g/mol. The molecule has 0 aliphatic carbocycles. The SMILES string of the molecule is CCCCCCCc1ccc(OC(CCCCCCC)N=[N+]=[N-])c(CCCCCCC)c1. The zero-order valence-corrected chi connectivity index (χ0v) is 21.3. The van der Waals surface area contributed by atoms with Crippen LogP contribution in [0.4, 0.5) is 0 Å². The van der Waals surface area contributed by atoms with Gasteiger partial charge in [-0.05, 0) is 66.4 Å². The van der Waals surface area contributed by atoms with Gasteiger partial charge in [0.15, 0.2) is 6.23 Å². The molecule has 0 aliphatic heterocycles.